The van der Waals surface area contributed by atoms with Crippen LogP contribution in [0.1, 0.15) is 34.3 Å². The molecule has 0 spiro atoms. The molecule has 0 aromatic heterocycles. The molecule has 0 unspecified atom stereocenters. The molecule has 5 heteroatoms. The lowest BCUT2D eigenvalue weighted by atomic mass is 10.0. The van der Waals surface area contributed by atoms with E-state index >= 15 is 0 Å². The van der Waals surface area contributed by atoms with E-state index in [1.165, 1.54) is 5.56 Å². The summed E-state index contributed by atoms with van der Waals surface area (Å²) < 4.78 is 0. The number of aryl methyl sites for hydroxylation is 1. The van der Waals surface area contributed by atoms with Crippen molar-refractivity contribution in [1.29, 1.82) is 0 Å². The van der Waals surface area contributed by atoms with Gasteiger partial charge in [0, 0.05) is 6.54 Å². The molecule has 0 saturated carbocycles. The minimum absolute atomic E-state index is 0.0746. The van der Waals surface area contributed by atoms with Crippen LogP contribution in [-0.4, -0.2) is 36.9 Å². The molecule has 5 nitrogen and oxygen atoms in total. The van der Waals surface area contributed by atoms with Crippen molar-refractivity contribution in [3.8, 4) is 0 Å². The molecule has 4 rings (SSSR count). The van der Waals surface area contributed by atoms with Crippen LogP contribution >= 0.6 is 0 Å². The van der Waals surface area contributed by atoms with E-state index in [2.05, 4.69) is 36.0 Å². The minimum atomic E-state index is -0.210. The number of rotatable bonds is 9. The van der Waals surface area contributed by atoms with Gasteiger partial charge in [-0.1, -0.05) is 54.6 Å². The standard InChI is InChI=1S/C29H31N3O2/c1-3-19-31(2)20-9-8-10-22-15-17-23(18-16-22)21-28(33)32-26-13-6-4-11-24(26)29(34)30-25-12-5-7-14-27(25)32/h3-7,11-18H,1,8-10,19-21H2,2H3,(H,30,34). The Morgan fingerprint density at radius 3 is 2.38 bits per heavy atom. The SMILES string of the molecule is C=CCN(C)CCCCc1ccc(CC(=O)N2c3ccccc3NC(=O)c3ccccc32)cc1. The maximum Gasteiger partial charge on any atom is 0.257 e. The fourth-order valence-corrected chi connectivity index (χ4v) is 4.32. The van der Waals surface area contributed by atoms with Gasteiger partial charge in [0.1, 0.15) is 0 Å². The molecule has 2 amide bonds. The molecule has 174 valence electrons. The first-order chi connectivity index (χ1) is 16.6. The fourth-order valence-electron chi connectivity index (χ4n) is 4.32. The second-order valence-electron chi connectivity index (χ2n) is 8.72. The van der Waals surface area contributed by atoms with E-state index in [1.54, 1.807) is 11.0 Å². The molecule has 1 aliphatic heterocycles. The lowest BCUT2D eigenvalue weighted by molar-refractivity contribution is -0.117. The quantitative estimate of drug-likeness (QED) is 0.339. The molecule has 0 radical (unpaired) electrons. The molecule has 3 aromatic rings. The molecule has 0 bridgehead atoms. The summed E-state index contributed by atoms with van der Waals surface area (Å²) in [5.41, 5.74) is 4.64. The van der Waals surface area contributed by atoms with Gasteiger partial charge in [-0.25, -0.2) is 0 Å². The average molecular weight is 454 g/mol. The van der Waals surface area contributed by atoms with E-state index in [0.717, 1.165) is 37.9 Å². The summed E-state index contributed by atoms with van der Waals surface area (Å²) in [6.07, 6.45) is 5.48. The van der Waals surface area contributed by atoms with Crippen LogP contribution in [0.5, 0.6) is 0 Å². The van der Waals surface area contributed by atoms with Crippen LogP contribution in [0.2, 0.25) is 0 Å². The van der Waals surface area contributed by atoms with Gasteiger partial charge in [0.05, 0.1) is 29.0 Å². The third-order valence-corrected chi connectivity index (χ3v) is 6.11. The summed E-state index contributed by atoms with van der Waals surface area (Å²) in [4.78, 5) is 30.2. The predicted octanol–water partition coefficient (Wildman–Crippen LogP) is 5.60. The molecule has 0 fully saturated rings. The summed E-state index contributed by atoms with van der Waals surface area (Å²) in [6, 6.07) is 23.0. The zero-order chi connectivity index (χ0) is 23.9. The summed E-state index contributed by atoms with van der Waals surface area (Å²) in [6.45, 7) is 5.76. The predicted molar refractivity (Wildman–Crippen MR) is 139 cm³/mol. The Bertz CT molecular complexity index is 1170. The van der Waals surface area contributed by atoms with Gasteiger partial charge in [0.2, 0.25) is 5.91 Å². The van der Waals surface area contributed by atoms with Crippen LogP contribution in [0.15, 0.2) is 85.5 Å². The Morgan fingerprint density at radius 1 is 0.941 bits per heavy atom. The van der Waals surface area contributed by atoms with Gasteiger partial charge in [0.15, 0.2) is 0 Å². The first-order valence-corrected chi connectivity index (χ1v) is 11.8. The van der Waals surface area contributed by atoms with Crippen molar-refractivity contribution in [3.05, 3.63) is 102 Å². The molecular formula is C29H31N3O2. The molecule has 0 atom stereocenters. The van der Waals surface area contributed by atoms with E-state index in [-0.39, 0.29) is 18.2 Å². The molecule has 1 heterocycles. The Hall–Kier alpha value is -3.70. The Kier molecular flexibility index (Phi) is 7.55. The molecule has 1 aliphatic rings. The van der Waals surface area contributed by atoms with Gasteiger partial charge in [-0.05, 0) is 68.2 Å². The fraction of sp³-hybridized carbons (Fsp3) is 0.241. The third-order valence-electron chi connectivity index (χ3n) is 6.11. The minimum Gasteiger partial charge on any atom is -0.320 e. The maximum atomic E-state index is 13.5. The number of amides is 2. The van der Waals surface area contributed by atoms with Crippen molar-refractivity contribution in [2.75, 3.05) is 30.4 Å². The van der Waals surface area contributed by atoms with Gasteiger partial charge in [-0.2, -0.15) is 0 Å². The normalized spacial score (nSPS) is 12.5. The van der Waals surface area contributed by atoms with Gasteiger partial charge in [0.25, 0.3) is 5.91 Å². The summed E-state index contributed by atoms with van der Waals surface area (Å²) in [5.74, 6) is -0.284. The number of anilines is 3. The van der Waals surface area contributed by atoms with Crippen LogP contribution in [0.25, 0.3) is 0 Å². The van der Waals surface area contributed by atoms with E-state index in [4.69, 9.17) is 0 Å². The number of nitrogens with one attached hydrogen (secondary N) is 1. The molecular weight excluding hydrogens is 422 g/mol. The van der Waals surface area contributed by atoms with Crippen molar-refractivity contribution in [1.82, 2.24) is 4.90 Å². The van der Waals surface area contributed by atoms with Crippen LogP contribution in [0.4, 0.5) is 17.1 Å². The first kappa shape index (κ1) is 23.5. The first-order valence-electron chi connectivity index (χ1n) is 11.8. The molecule has 0 aliphatic carbocycles. The van der Waals surface area contributed by atoms with Crippen LogP contribution < -0.4 is 10.2 Å². The molecule has 0 saturated heterocycles. The molecule has 34 heavy (non-hydrogen) atoms. The van der Waals surface area contributed by atoms with Crippen LogP contribution in [0, 0.1) is 0 Å². The number of likely N-dealkylation sites (N-methyl/N-ethyl adjacent to an activating group) is 1. The summed E-state index contributed by atoms with van der Waals surface area (Å²) in [5, 5.41) is 2.93. The van der Waals surface area contributed by atoms with Gasteiger partial charge < -0.3 is 10.2 Å². The largest absolute Gasteiger partial charge is 0.320 e. The highest BCUT2D eigenvalue weighted by atomic mass is 16.2. The lowest BCUT2D eigenvalue weighted by Crippen LogP contribution is -2.28. The highest BCUT2D eigenvalue weighted by molar-refractivity contribution is 6.17. The molecule has 1 N–H and O–H groups in total. The average Bonchev–Trinajstić information content (AvgIpc) is 2.97. The lowest BCUT2D eigenvalue weighted by Gasteiger charge is -2.24. The number of unbranched alkanes of at least 4 members (excludes halogenated alkanes) is 1. The van der Waals surface area contributed by atoms with Crippen molar-refractivity contribution >= 4 is 28.9 Å². The van der Waals surface area contributed by atoms with Gasteiger partial charge in [-0.15, -0.1) is 6.58 Å². The Balaban J connectivity index is 1.46. The smallest absolute Gasteiger partial charge is 0.257 e. The topological polar surface area (TPSA) is 52.7 Å². The van der Waals surface area contributed by atoms with E-state index in [0.29, 0.717) is 22.6 Å². The number of fused-ring (bicyclic) bond motifs is 2. The third kappa shape index (κ3) is 5.43. The zero-order valence-corrected chi connectivity index (χ0v) is 19.7. The second kappa shape index (κ2) is 10.9. The summed E-state index contributed by atoms with van der Waals surface area (Å²) in [7, 11) is 2.11. The summed E-state index contributed by atoms with van der Waals surface area (Å²) >= 11 is 0. The Labute approximate surface area is 201 Å². The number of hydrogen-bond acceptors (Lipinski definition) is 3. The number of benzene rings is 3. The highest BCUT2D eigenvalue weighted by Gasteiger charge is 2.28. The molecule has 3 aromatic carbocycles. The number of nitrogens with zero attached hydrogens (tertiary/aromatic N) is 2. The number of para-hydroxylation sites is 3. The van der Waals surface area contributed by atoms with E-state index in [9.17, 15) is 9.59 Å². The van der Waals surface area contributed by atoms with Gasteiger partial charge >= 0.3 is 0 Å². The number of carbonyl (C=O) groups excluding carboxylic acids is 2. The van der Waals surface area contributed by atoms with E-state index in [1.807, 2.05) is 60.7 Å². The maximum absolute atomic E-state index is 13.5. The Morgan fingerprint density at radius 2 is 1.62 bits per heavy atom. The number of carbonyl (C=O) groups is 2. The van der Waals surface area contributed by atoms with Crippen molar-refractivity contribution < 1.29 is 9.59 Å². The number of hydrogen-bond donors (Lipinski definition) is 1. The van der Waals surface area contributed by atoms with Crippen LogP contribution in [0.3, 0.4) is 0 Å². The van der Waals surface area contributed by atoms with Crippen molar-refractivity contribution in [2.45, 2.75) is 25.7 Å². The highest BCUT2D eigenvalue weighted by Crippen LogP contribution is 2.38. The zero-order valence-electron chi connectivity index (χ0n) is 19.7. The van der Waals surface area contributed by atoms with Gasteiger partial charge in [-0.3, -0.25) is 14.5 Å². The van der Waals surface area contributed by atoms with Crippen LogP contribution in [-0.2, 0) is 17.6 Å². The van der Waals surface area contributed by atoms with E-state index < -0.39 is 0 Å². The van der Waals surface area contributed by atoms with Crippen molar-refractivity contribution in [3.63, 3.8) is 0 Å². The monoisotopic (exact) mass is 453 g/mol. The second-order valence-corrected chi connectivity index (χ2v) is 8.72. The van der Waals surface area contributed by atoms with Crippen molar-refractivity contribution in [2.24, 2.45) is 0 Å².